The Morgan fingerprint density at radius 1 is 1.12 bits per heavy atom. The first kappa shape index (κ1) is 18.1. The highest BCUT2D eigenvalue weighted by Crippen LogP contribution is 2.31. The number of halogens is 3. The number of hydrogen-bond acceptors (Lipinski definition) is 3. The van der Waals surface area contributed by atoms with Gasteiger partial charge in [-0.05, 0) is 54.8 Å². The Labute approximate surface area is 149 Å². The average molecular weight is 365 g/mol. The fourth-order valence-electron chi connectivity index (χ4n) is 3.09. The van der Waals surface area contributed by atoms with Crippen LogP contribution in [0.2, 0.25) is 0 Å². The van der Waals surface area contributed by atoms with E-state index >= 15 is 0 Å². The molecule has 138 valence electrons. The van der Waals surface area contributed by atoms with Crippen LogP contribution in [0.5, 0.6) is 11.5 Å². The molecule has 0 radical (unpaired) electrons. The smallest absolute Gasteiger partial charge is 0.494 e. The summed E-state index contributed by atoms with van der Waals surface area (Å²) in [5.74, 6) is 0.359. The van der Waals surface area contributed by atoms with Crippen LogP contribution in [0.1, 0.15) is 34.0 Å². The Bertz CT molecular complexity index is 816. The number of amides is 1. The Morgan fingerprint density at radius 2 is 1.81 bits per heavy atom. The molecule has 0 saturated carbocycles. The maximum atomic E-state index is 12.7. The SMILES string of the molecule is CCOc1cc(C)c2c(c1)CN(Cc1ccc(OC(F)(F)F)cc1)C2=O. The van der Waals surface area contributed by atoms with Gasteiger partial charge in [0.25, 0.3) is 5.91 Å². The van der Waals surface area contributed by atoms with E-state index in [9.17, 15) is 18.0 Å². The third-order valence-electron chi connectivity index (χ3n) is 4.09. The van der Waals surface area contributed by atoms with Gasteiger partial charge < -0.3 is 14.4 Å². The highest BCUT2D eigenvalue weighted by molar-refractivity contribution is 5.99. The van der Waals surface area contributed by atoms with E-state index < -0.39 is 6.36 Å². The van der Waals surface area contributed by atoms with E-state index in [1.165, 1.54) is 24.3 Å². The largest absolute Gasteiger partial charge is 0.573 e. The van der Waals surface area contributed by atoms with E-state index in [0.29, 0.717) is 25.3 Å². The maximum Gasteiger partial charge on any atom is 0.573 e. The van der Waals surface area contributed by atoms with Crippen LogP contribution in [0.15, 0.2) is 36.4 Å². The van der Waals surface area contributed by atoms with Crippen LogP contribution in [0.3, 0.4) is 0 Å². The Morgan fingerprint density at radius 3 is 2.42 bits per heavy atom. The van der Waals surface area contributed by atoms with Crippen LogP contribution in [0.4, 0.5) is 13.2 Å². The first-order valence-electron chi connectivity index (χ1n) is 8.17. The standard InChI is InChI=1S/C19H18F3NO3/c1-3-25-16-8-12(2)17-14(9-16)11-23(18(17)24)10-13-4-6-15(7-5-13)26-19(20,21)22/h4-9H,3,10-11H2,1-2H3. The summed E-state index contributed by atoms with van der Waals surface area (Å²) < 4.78 is 46.0. The molecule has 0 bridgehead atoms. The molecule has 26 heavy (non-hydrogen) atoms. The summed E-state index contributed by atoms with van der Waals surface area (Å²) in [5.41, 5.74) is 3.15. The number of carbonyl (C=O) groups is 1. The lowest BCUT2D eigenvalue weighted by molar-refractivity contribution is -0.274. The molecular weight excluding hydrogens is 347 g/mol. The molecule has 1 aliphatic rings. The van der Waals surface area contributed by atoms with Crippen LogP contribution < -0.4 is 9.47 Å². The summed E-state index contributed by atoms with van der Waals surface area (Å²) in [6, 6.07) is 9.24. The zero-order valence-electron chi connectivity index (χ0n) is 14.4. The predicted molar refractivity (Wildman–Crippen MR) is 89.1 cm³/mol. The first-order chi connectivity index (χ1) is 12.3. The van der Waals surface area contributed by atoms with Gasteiger partial charge in [-0.1, -0.05) is 12.1 Å². The second-order valence-corrected chi connectivity index (χ2v) is 6.06. The number of nitrogens with zero attached hydrogens (tertiary/aromatic N) is 1. The molecule has 0 aliphatic carbocycles. The third kappa shape index (κ3) is 3.92. The summed E-state index contributed by atoms with van der Waals surface area (Å²) in [4.78, 5) is 14.3. The summed E-state index contributed by atoms with van der Waals surface area (Å²) in [7, 11) is 0. The monoisotopic (exact) mass is 365 g/mol. The average Bonchev–Trinajstić information content (AvgIpc) is 2.84. The topological polar surface area (TPSA) is 38.8 Å². The van der Waals surface area contributed by atoms with E-state index in [-0.39, 0.29) is 11.7 Å². The molecule has 0 aromatic heterocycles. The van der Waals surface area contributed by atoms with Crippen molar-refractivity contribution in [2.75, 3.05) is 6.61 Å². The van der Waals surface area contributed by atoms with Crippen LogP contribution in [-0.2, 0) is 13.1 Å². The van der Waals surface area contributed by atoms with Crippen LogP contribution in [0, 0.1) is 6.92 Å². The number of rotatable bonds is 5. The Hall–Kier alpha value is -2.70. The fourth-order valence-corrected chi connectivity index (χ4v) is 3.09. The minimum absolute atomic E-state index is 0.0869. The van der Waals surface area contributed by atoms with Gasteiger partial charge in [0.1, 0.15) is 11.5 Å². The van der Waals surface area contributed by atoms with Gasteiger partial charge in [0.2, 0.25) is 0 Å². The van der Waals surface area contributed by atoms with Gasteiger partial charge in [-0.3, -0.25) is 4.79 Å². The number of hydrogen-bond donors (Lipinski definition) is 0. The van der Waals surface area contributed by atoms with Gasteiger partial charge in [0, 0.05) is 18.7 Å². The van der Waals surface area contributed by atoms with E-state index in [1.807, 2.05) is 26.0 Å². The molecule has 3 rings (SSSR count). The Balaban J connectivity index is 1.73. The summed E-state index contributed by atoms with van der Waals surface area (Å²) in [5, 5.41) is 0. The van der Waals surface area contributed by atoms with Crippen LogP contribution >= 0.6 is 0 Å². The molecule has 0 N–H and O–H groups in total. The number of carbonyl (C=O) groups excluding carboxylic acids is 1. The highest BCUT2D eigenvalue weighted by atomic mass is 19.4. The van der Waals surface area contributed by atoms with Gasteiger partial charge in [0.15, 0.2) is 0 Å². The number of ether oxygens (including phenoxy) is 2. The van der Waals surface area contributed by atoms with Crippen molar-refractivity contribution in [3.05, 3.63) is 58.7 Å². The molecule has 1 heterocycles. The highest BCUT2D eigenvalue weighted by Gasteiger charge is 2.31. The van der Waals surface area contributed by atoms with Crippen molar-refractivity contribution in [2.45, 2.75) is 33.3 Å². The lowest BCUT2D eigenvalue weighted by Gasteiger charge is -2.16. The summed E-state index contributed by atoms with van der Waals surface area (Å²) in [6.07, 6.45) is -4.72. The second-order valence-electron chi connectivity index (χ2n) is 6.06. The van der Waals surface area contributed by atoms with Crippen LogP contribution in [-0.4, -0.2) is 23.8 Å². The van der Waals surface area contributed by atoms with E-state index in [4.69, 9.17) is 4.74 Å². The minimum Gasteiger partial charge on any atom is -0.494 e. The predicted octanol–water partition coefficient (Wildman–Crippen LogP) is 4.45. The summed E-state index contributed by atoms with van der Waals surface area (Å²) in [6.45, 7) is 5.06. The van der Waals surface area contributed by atoms with E-state index in [1.54, 1.807) is 4.90 Å². The molecular formula is C19H18F3NO3. The molecule has 0 unspecified atom stereocenters. The van der Waals surface area contributed by atoms with Gasteiger partial charge in [-0.15, -0.1) is 13.2 Å². The van der Waals surface area contributed by atoms with Crippen molar-refractivity contribution < 1.29 is 27.4 Å². The molecule has 7 heteroatoms. The molecule has 0 fully saturated rings. The number of aryl methyl sites for hydroxylation is 1. The van der Waals surface area contributed by atoms with Crippen molar-refractivity contribution in [1.82, 2.24) is 4.90 Å². The van der Waals surface area contributed by atoms with E-state index in [2.05, 4.69) is 4.74 Å². The van der Waals surface area contributed by atoms with Crippen molar-refractivity contribution in [3.63, 3.8) is 0 Å². The quantitative estimate of drug-likeness (QED) is 0.786. The second kappa shape index (κ2) is 6.90. The normalized spacial score (nSPS) is 13.7. The molecule has 4 nitrogen and oxygen atoms in total. The lowest BCUT2D eigenvalue weighted by Crippen LogP contribution is -2.23. The molecule has 1 aliphatic heterocycles. The molecule has 2 aromatic rings. The Kier molecular flexibility index (Phi) is 4.80. The van der Waals surface area contributed by atoms with Crippen molar-refractivity contribution in [2.24, 2.45) is 0 Å². The fraction of sp³-hybridized carbons (Fsp3) is 0.316. The van der Waals surface area contributed by atoms with Crippen LogP contribution in [0.25, 0.3) is 0 Å². The number of fused-ring (bicyclic) bond motifs is 1. The van der Waals surface area contributed by atoms with Crippen molar-refractivity contribution >= 4 is 5.91 Å². The zero-order chi connectivity index (χ0) is 18.9. The number of alkyl halides is 3. The van der Waals surface area contributed by atoms with Crippen molar-refractivity contribution in [3.8, 4) is 11.5 Å². The van der Waals surface area contributed by atoms with Gasteiger partial charge in [-0.25, -0.2) is 0 Å². The first-order valence-corrected chi connectivity index (χ1v) is 8.17. The molecule has 1 amide bonds. The van der Waals surface area contributed by atoms with E-state index in [0.717, 1.165) is 22.4 Å². The summed E-state index contributed by atoms with van der Waals surface area (Å²) >= 11 is 0. The van der Waals surface area contributed by atoms with Crippen molar-refractivity contribution in [1.29, 1.82) is 0 Å². The lowest BCUT2D eigenvalue weighted by atomic mass is 10.0. The number of benzene rings is 2. The zero-order valence-corrected chi connectivity index (χ0v) is 14.4. The van der Waals surface area contributed by atoms with Gasteiger partial charge >= 0.3 is 6.36 Å². The maximum absolute atomic E-state index is 12.7. The molecule has 0 spiro atoms. The third-order valence-corrected chi connectivity index (χ3v) is 4.09. The molecule has 0 atom stereocenters. The van der Waals surface area contributed by atoms with Gasteiger partial charge in [-0.2, -0.15) is 0 Å². The molecule has 2 aromatic carbocycles. The molecule has 0 saturated heterocycles. The van der Waals surface area contributed by atoms with Gasteiger partial charge in [0.05, 0.1) is 6.61 Å². The minimum atomic E-state index is -4.72.